The second kappa shape index (κ2) is 6.13. The molecule has 1 heterocycles. The SMILES string of the molecule is CC1CN(CC(N)(C(=O)O)c2ccccc2)CC1N(C)C. The molecule has 3 N–H and O–H groups in total. The summed E-state index contributed by atoms with van der Waals surface area (Å²) in [6.07, 6.45) is 0. The van der Waals surface area contributed by atoms with E-state index in [0.717, 1.165) is 13.1 Å². The molecule has 0 radical (unpaired) electrons. The second-order valence-electron chi connectivity index (χ2n) is 6.34. The van der Waals surface area contributed by atoms with Gasteiger partial charge in [-0.2, -0.15) is 0 Å². The molecule has 1 aliphatic heterocycles. The van der Waals surface area contributed by atoms with Crippen LogP contribution in [0.5, 0.6) is 0 Å². The lowest BCUT2D eigenvalue weighted by Crippen LogP contribution is -2.53. The molecule has 116 valence electrons. The highest BCUT2D eigenvalue weighted by Gasteiger charge is 2.41. The van der Waals surface area contributed by atoms with Gasteiger partial charge in [-0.3, -0.25) is 4.90 Å². The Morgan fingerprint density at radius 2 is 2.00 bits per heavy atom. The van der Waals surface area contributed by atoms with Gasteiger partial charge in [-0.25, -0.2) is 4.79 Å². The number of rotatable bonds is 5. The largest absolute Gasteiger partial charge is 0.480 e. The quantitative estimate of drug-likeness (QED) is 0.840. The lowest BCUT2D eigenvalue weighted by Gasteiger charge is -2.30. The van der Waals surface area contributed by atoms with E-state index >= 15 is 0 Å². The molecule has 0 spiro atoms. The maximum Gasteiger partial charge on any atom is 0.329 e. The fourth-order valence-corrected chi connectivity index (χ4v) is 3.22. The van der Waals surface area contributed by atoms with Crippen LogP contribution in [0, 0.1) is 5.92 Å². The van der Waals surface area contributed by atoms with Crippen molar-refractivity contribution in [2.75, 3.05) is 33.7 Å². The molecule has 1 saturated heterocycles. The van der Waals surface area contributed by atoms with E-state index in [9.17, 15) is 9.90 Å². The third-order valence-electron chi connectivity index (χ3n) is 4.46. The van der Waals surface area contributed by atoms with Crippen molar-refractivity contribution in [2.45, 2.75) is 18.5 Å². The van der Waals surface area contributed by atoms with Gasteiger partial charge in [-0.05, 0) is 25.6 Å². The molecule has 1 fully saturated rings. The smallest absolute Gasteiger partial charge is 0.329 e. The van der Waals surface area contributed by atoms with Gasteiger partial charge >= 0.3 is 5.97 Å². The highest BCUT2D eigenvalue weighted by Crippen LogP contribution is 2.25. The molecule has 0 aliphatic carbocycles. The summed E-state index contributed by atoms with van der Waals surface area (Å²) in [6, 6.07) is 9.54. The number of carbonyl (C=O) groups is 1. The zero-order valence-electron chi connectivity index (χ0n) is 13.0. The summed E-state index contributed by atoms with van der Waals surface area (Å²) >= 11 is 0. The van der Waals surface area contributed by atoms with E-state index in [-0.39, 0.29) is 0 Å². The highest BCUT2D eigenvalue weighted by atomic mass is 16.4. The Kier molecular flexibility index (Phi) is 4.66. The van der Waals surface area contributed by atoms with Crippen LogP contribution in [0.1, 0.15) is 12.5 Å². The Morgan fingerprint density at radius 3 is 2.48 bits per heavy atom. The normalized spacial score (nSPS) is 26.0. The molecule has 0 amide bonds. The second-order valence-corrected chi connectivity index (χ2v) is 6.34. The molecule has 3 unspecified atom stereocenters. The molecule has 0 aromatic heterocycles. The topological polar surface area (TPSA) is 69.8 Å². The number of nitrogens with zero attached hydrogens (tertiary/aromatic N) is 2. The van der Waals surface area contributed by atoms with Gasteiger partial charge in [-0.1, -0.05) is 37.3 Å². The third kappa shape index (κ3) is 3.26. The van der Waals surface area contributed by atoms with Gasteiger partial charge in [0, 0.05) is 25.7 Å². The van der Waals surface area contributed by atoms with E-state index in [0.29, 0.717) is 24.1 Å². The summed E-state index contributed by atoms with van der Waals surface area (Å²) in [5, 5.41) is 9.63. The number of likely N-dealkylation sites (tertiary alicyclic amines) is 1. The maximum atomic E-state index is 11.7. The first-order chi connectivity index (χ1) is 9.84. The minimum atomic E-state index is -1.36. The minimum absolute atomic E-state index is 0.334. The van der Waals surface area contributed by atoms with Crippen LogP contribution < -0.4 is 5.73 Å². The predicted molar refractivity (Wildman–Crippen MR) is 83.0 cm³/mol. The Hall–Kier alpha value is -1.43. The summed E-state index contributed by atoms with van der Waals surface area (Å²) in [5.74, 6) is -0.469. The van der Waals surface area contributed by atoms with Crippen LogP contribution in [0.2, 0.25) is 0 Å². The van der Waals surface area contributed by atoms with Crippen molar-refractivity contribution in [1.82, 2.24) is 9.80 Å². The molecule has 1 aromatic carbocycles. The molecule has 5 heteroatoms. The summed E-state index contributed by atoms with van der Waals surface area (Å²) in [5.41, 5.74) is 5.55. The number of carboxylic acid groups (broad SMARTS) is 1. The zero-order chi connectivity index (χ0) is 15.6. The van der Waals surface area contributed by atoms with E-state index in [1.807, 2.05) is 18.2 Å². The van der Waals surface area contributed by atoms with Gasteiger partial charge in [0.05, 0.1) is 0 Å². The van der Waals surface area contributed by atoms with Crippen molar-refractivity contribution >= 4 is 5.97 Å². The summed E-state index contributed by atoms with van der Waals surface area (Å²) in [4.78, 5) is 16.1. The lowest BCUT2D eigenvalue weighted by molar-refractivity contribution is -0.144. The van der Waals surface area contributed by atoms with E-state index in [1.165, 1.54) is 0 Å². The van der Waals surface area contributed by atoms with Crippen molar-refractivity contribution < 1.29 is 9.90 Å². The Labute approximate surface area is 126 Å². The van der Waals surface area contributed by atoms with Crippen LogP contribution in [-0.4, -0.2) is 60.6 Å². The van der Waals surface area contributed by atoms with Crippen LogP contribution in [-0.2, 0) is 10.3 Å². The van der Waals surface area contributed by atoms with Crippen LogP contribution in [0.15, 0.2) is 30.3 Å². The van der Waals surface area contributed by atoms with Crippen molar-refractivity contribution in [3.63, 3.8) is 0 Å². The first-order valence-electron chi connectivity index (χ1n) is 7.31. The fourth-order valence-electron chi connectivity index (χ4n) is 3.22. The Balaban J connectivity index is 2.17. The van der Waals surface area contributed by atoms with Gasteiger partial charge in [0.1, 0.15) is 0 Å². The zero-order valence-corrected chi connectivity index (χ0v) is 13.0. The monoisotopic (exact) mass is 291 g/mol. The van der Waals surface area contributed by atoms with Crippen LogP contribution in [0.3, 0.4) is 0 Å². The standard InChI is InChI=1S/C16H25N3O2/c1-12-9-19(10-14(12)18(2)3)11-16(17,15(20)21)13-7-5-4-6-8-13/h4-8,12,14H,9-11,17H2,1-3H3,(H,20,21). The number of hydrogen-bond donors (Lipinski definition) is 2. The van der Waals surface area contributed by atoms with Crippen LogP contribution >= 0.6 is 0 Å². The molecule has 0 saturated carbocycles. The van der Waals surface area contributed by atoms with Gasteiger partial charge < -0.3 is 15.7 Å². The van der Waals surface area contributed by atoms with Gasteiger partial charge in [0.25, 0.3) is 0 Å². The number of benzene rings is 1. The van der Waals surface area contributed by atoms with Crippen LogP contribution in [0.4, 0.5) is 0 Å². The molecule has 1 aliphatic rings. The number of hydrogen-bond acceptors (Lipinski definition) is 4. The average molecular weight is 291 g/mol. The number of nitrogens with two attached hydrogens (primary N) is 1. The van der Waals surface area contributed by atoms with Crippen molar-refractivity contribution in [2.24, 2.45) is 11.7 Å². The van der Waals surface area contributed by atoms with Gasteiger partial charge in [0.2, 0.25) is 0 Å². The first kappa shape index (κ1) is 15.9. The lowest BCUT2D eigenvalue weighted by atomic mass is 9.90. The predicted octanol–water partition coefficient (Wildman–Crippen LogP) is 0.807. The van der Waals surface area contributed by atoms with Gasteiger partial charge in [-0.15, -0.1) is 0 Å². The molecule has 5 nitrogen and oxygen atoms in total. The number of likely N-dealkylation sites (N-methyl/N-ethyl adjacent to an activating group) is 1. The first-order valence-corrected chi connectivity index (χ1v) is 7.31. The van der Waals surface area contributed by atoms with E-state index < -0.39 is 11.5 Å². The Bertz CT molecular complexity index is 492. The summed E-state index contributed by atoms with van der Waals surface area (Å²) < 4.78 is 0. The molecule has 2 rings (SSSR count). The molecule has 21 heavy (non-hydrogen) atoms. The minimum Gasteiger partial charge on any atom is -0.480 e. The molecule has 0 bridgehead atoms. The average Bonchev–Trinajstić information content (AvgIpc) is 2.80. The van der Waals surface area contributed by atoms with Crippen molar-refractivity contribution in [3.8, 4) is 0 Å². The molecular weight excluding hydrogens is 266 g/mol. The van der Waals surface area contributed by atoms with E-state index in [2.05, 4.69) is 30.8 Å². The molecule has 1 aromatic rings. The number of carboxylic acids is 1. The van der Waals surface area contributed by atoms with E-state index in [4.69, 9.17) is 5.73 Å². The number of aliphatic carboxylic acids is 1. The highest BCUT2D eigenvalue weighted by molar-refractivity contribution is 5.80. The third-order valence-corrected chi connectivity index (χ3v) is 4.46. The summed E-state index contributed by atoms with van der Waals surface area (Å²) in [6.45, 7) is 4.27. The Morgan fingerprint density at radius 1 is 1.38 bits per heavy atom. The van der Waals surface area contributed by atoms with Crippen molar-refractivity contribution in [3.05, 3.63) is 35.9 Å². The fraction of sp³-hybridized carbons (Fsp3) is 0.562. The van der Waals surface area contributed by atoms with E-state index in [1.54, 1.807) is 12.1 Å². The molecular formula is C16H25N3O2. The van der Waals surface area contributed by atoms with Crippen molar-refractivity contribution in [1.29, 1.82) is 0 Å². The van der Waals surface area contributed by atoms with Crippen LogP contribution in [0.25, 0.3) is 0 Å². The molecule has 3 atom stereocenters. The maximum absolute atomic E-state index is 11.7. The summed E-state index contributed by atoms with van der Waals surface area (Å²) in [7, 11) is 4.13. The van der Waals surface area contributed by atoms with Gasteiger partial charge in [0.15, 0.2) is 5.54 Å².